The minimum Gasteiger partial charge on any atom is -0.251 e. The van der Waals surface area contributed by atoms with Gasteiger partial charge in [0.15, 0.2) is 11.5 Å². The van der Waals surface area contributed by atoms with E-state index in [1.807, 2.05) is 0 Å². The minimum absolute atomic E-state index is 0.0274. The van der Waals surface area contributed by atoms with Crippen LogP contribution in [0.25, 0.3) is 0 Å². The Morgan fingerprint density at radius 1 is 1.50 bits per heavy atom. The molecule has 2 rings (SSSR count). The van der Waals surface area contributed by atoms with Crippen LogP contribution in [0.5, 0.6) is 0 Å². The van der Waals surface area contributed by atoms with Crippen molar-refractivity contribution in [1.82, 2.24) is 4.98 Å². The first-order valence-electron chi connectivity index (χ1n) is 6.91. The fourth-order valence-corrected chi connectivity index (χ4v) is 4.42. The molecule has 0 radical (unpaired) electrons. The van der Waals surface area contributed by atoms with E-state index >= 15 is 0 Å². The Bertz CT molecular complexity index is 730. The summed E-state index contributed by atoms with van der Waals surface area (Å²) in [5.41, 5.74) is -2.77. The van der Waals surface area contributed by atoms with Gasteiger partial charge in [0.05, 0.1) is 32.1 Å². The van der Waals surface area contributed by atoms with E-state index in [9.17, 15) is 27.0 Å². The lowest BCUT2D eigenvalue weighted by Gasteiger charge is -2.37. The Kier molecular flexibility index (Phi) is 5.01. The molecular formula is C14H15F4N3OS2. The summed E-state index contributed by atoms with van der Waals surface area (Å²) >= 11 is 0.924. The second-order valence-corrected chi connectivity index (χ2v) is 8.99. The van der Waals surface area contributed by atoms with E-state index in [0.29, 0.717) is 0 Å². The molecule has 1 aromatic heterocycles. The predicted octanol–water partition coefficient (Wildman–Crippen LogP) is 3.29. The number of hydrogen-bond acceptors (Lipinski definition) is 4. The molecule has 0 bridgehead atoms. The average molecular weight is 381 g/mol. The predicted molar refractivity (Wildman–Crippen MR) is 82.9 cm³/mol. The first-order chi connectivity index (χ1) is 10.9. The normalized spacial score (nSPS) is 22.6. The third-order valence-electron chi connectivity index (χ3n) is 4.02. The van der Waals surface area contributed by atoms with Gasteiger partial charge in [-0.15, -0.1) is 11.8 Å². The molecule has 24 heavy (non-hydrogen) atoms. The minimum atomic E-state index is -4.91. The van der Waals surface area contributed by atoms with Gasteiger partial charge in [0.25, 0.3) is 0 Å². The number of pyridine rings is 1. The SMILES string of the molecule is CC(C)(C[C@@]1(C#N)CCSc2c1cnc(C(F)(F)F)c2F)S(N)=O. The van der Waals surface area contributed by atoms with Gasteiger partial charge in [-0.2, -0.15) is 18.4 Å². The summed E-state index contributed by atoms with van der Waals surface area (Å²) in [6, 6.07) is 2.08. The zero-order valence-corrected chi connectivity index (χ0v) is 14.5. The van der Waals surface area contributed by atoms with Gasteiger partial charge in [-0.25, -0.2) is 13.6 Å². The second-order valence-electron chi connectivity index (χ2n) is 6.19. The molecule has 1 aliphatic rings. The van der Waals surface area contributed by atoms with Crippen LogP contribution in [0.4, 0.5) is 17.6 Å². The Morgan fingerprint density at radius 2 is 2.12 bits per heavy atom. The highest BCUT2D eigenvalue weighted by molar-refractivity contribution is 7.99. The van der Waals surface area contributed by atoms with Crippen molar-refractivity contribution in [2.75, 3.05) is 5.75 Å². The van der Waals surface area contributed by atoms with Crippen LogP contribution in [0.2, 0.25) is 0 Å². The lowest BCUT2D eigenvalue weighted by Crippen LogP contribution is -2.42. The molecule has 4 nitrogen and oxygen atoms in total. The quantitative estimate of drug-likeness (QED) is 0.815. The number of fused-ring (bicyclic) bond motifs is 1. The first kappa shape index (κ1) is 19.1. The molecule has 1 unspecified atom stereocenters. The number of aromatic nitrogens is 1. The van der Waals surface area contributed by atoms with E-state index in [1.165, 1.54) is 0 Å². The smallest absolute Gasteiger partial charge is 0.251 e. The highest BCUT2D eigenvalue weighted by atomic mass is 32.2. The van der Waals surface area contributed by atoms with E-state index in [4.69, 9.17) is 5.14 Å². The monoisotopic (exact) mass is 381 g/mol. The maximum atomic E-state index is 14.3. The standard InChI is InChI=1S/C14H15F4N3OS2/c1-12(2,24(20)22)6-13(7-19)3-4-23-10-8(13)5-21-11(9(10)15)14(16,17)18/h5H,3-4,6,20H2,1-2H3/t13-,24?/m1/s1. The summed E-state index contributed by atoms with van der Waals surface area (Å²) in [6.07, 6.45) is -3.69. The van der Waals surface area contributed by atoms with Gasteiger partial charge in [0.2, 0.25) is 0 Å². The lowest BCUT2D eigenvalue weighted by molar-refractivity contribution is -0.144. The third kappa shape index (κ3) is 3.30. The first-order valence-corrected chi connectivity index (χ1v) is 9.11. The number of nitriles is 1. The molecule has 2 heterocycles. The van der Waals surface area contributed by atoms with Crippen molar-refractivity contribution in [2.45, 2.75) is 47.9 Å². The van der Waals surface area contributed by atoms with Crippen LogP contribution in [0.15, 0.2) is 11.1 Å². The Labute approximate surface area is 143 Å². The highest BCUT2D eigenvalue weighted by Crippen LogP contribution is 2.48. The average Bonchev–Trinajstić information content (AvgIpc) is 2.46. The summed E-state index contributed by atoms with van der Waals surface area (Å²) in [6.45, 7) is 3.19. The zero-order chi connectivity index (χ0) is 18.3. The van der Waals surface area contributed by atoms with Crippen LogP contribution in [-0.2, 0) is 22.6 Å². The van der Waals surface area contributed by atoms with E-state index in [0.717, 1.165) is 18.0 Å². The van der Waals surface area contributed by atoms with Gasteiger partial charge >= 0.3 is 6.18 Å². The molecule has 0 saturated carbocycles. The fraction of sp³-hybridized carbons (Fsp3) is 0.571. The van der Waals surface area contributed by atoms with Crippen LogP contribution < -0.4 is 5.14 Å². The molecule has 0 aromatic carbocycles. The molecule has 0 amide bonds. The molecule has 0 aliphatic carbocycles. The van der Waals surface area contributed by atoms with E-state index in [1.54, 1.807) is 13.8 Å². The number of nitrogens with two attached hydrogens (primary N) is 1. The summed E-state index contributed by atoms with van der Waals surface area (Å²) in [5, 5.41) is 15.1. The van der Waals surface area contributed by atoms with Crippen molar-refractivity contribution in [3.8, 4) is 6.07 Å². The van der Waals surface area contributed by atoms with Crippen molar-refractivity contribution < 1.29 is 21.8 Å². The number of thioether (sulfide) groups is 1. The van der Waals surface area contributed by atoms with Crippen molar-refractivity contribution in [1.29, 1.82) is 5.26 Å². The molecule has 1 aromatic rings. The van der Waals surface area contributed by atoms with Crippen molar-refractivity contribution in [2.24, 2.45) is 5.14 Å². The van der Waals surface area contributed by atoms with Gasteiger partial charge in [0, 0.05) is 11.8 Å². The fourth-order valence-electron chi connectivity index (χ4n) is 2.75. The molecule has 0 fully saturated rings. The van der Waals surface area contributed by atoms with Crippen molar-refractivity contribution in [3.63, 3.8) is 0 Å². The molecule has 2 atom stereocenters. The number of rotatable bonds is 3. The van der Waals surface area contributed by atoms with E-state index in [-0.39, 0.29) is 29.1 Å². The number of nitrogens with zero attached hydrogens (tertiary/aromatic N) is 2. The van der Waals surface area contributed by atoms with Crippen molar-refractivity contribution in [3.05, 3.63) is 23.3 Å². The topological polar surface area (TPSA) is 79.8 Å². The summed E-state index contributed by atoms with van der Waals surface area (Å²) < 4.78 is 63.6. The van der Waals surface area contributed by atoms with Crippen LogP contribution >= 0.6 is 11.8 Å². The Morgan fingerprint density at radius 3 is 2.62 bits per heavy atom. The molecule has 10 heteroatoms. The molecule has 0 spiro atoms. The maximum absolute atomic E-state index is 14.3. The molecule has 2 N–H and O–H groups in total. The molecule has 1 aliphatic heterocycles. The second kappa shape index (κ2) is 6.28. The molecule has 132 valence electrons. The number of hydrogen-bond donors (Lipinski definition) is 1. The number of halogens is 4. The van der Waals surface area contributed by atoms with Gasteiger partial charge < -0.3 is 0 Å². The lowest BCUT2D eigenvalue weighted by atomic mass is 9.73. The van der Waals surface area contributed by atoms with E-state index in [2.05, 4.69) is 11.1 Å². The highest BCUT2D eigenvalue weighted by Gasteiger charge is 2.47. The Balaban J connectivity index is 2.61. The van der Waals surface area contributed by atoms with Gasteiger partial charge in [-0.05, 0) is 32.4 Å². The van der Waals surface area contributed by atoms with Gasteiger partial charge in [-0.1, -0.05) is 0 Å². The summed E-state index contributed by atoms with van der Waals surface area (Å²) in [5.74, 6) is -1.19. The van der Waals surface area contributed by atoms with Crippen LogP contribution in [0, 0.1) is 17.1 Å². The largest absolute Gasteiger partial charge is 0.436 e. The third-order valence-corrected chi connectivity index (χ3v) is 6.35. The van der Waals surface area contributed by atoms with Crippen LogP contribution in [-0.4, -0.2) is 19.7 Å². The molecular weight excluding hydrogens is 366 g/mol. The van der Waals surface area contributed by atoms with Crippen LogP contribution in [0.3, 0.4) is 0 Å². The number of alkyl halides is 3. The van der Waals surface area contributed by atoms with Gasteiger partial charge in [0.1, 0.15) is 0 Å². The van der Waals surface area contributed by atoms with Crippen molar-refractivity contribution >= 4 is 22.7 Å². The summed E-state index contributed by atoms with van der Waals surface area (Å²) in [7, 11) is -1.76. The van der Waals surface area contributed by atoms with E-state index < -0.39 is 38.8 Å². The summed E-state index contributed by atoms with van der Waals surface area (Å²) in [4.78, 5) is 2.99. The molecule has 0 saturated heterocycles. The Hall–Kier alpha value is -1.18. The van der Waals surface area contributed by atoms with Gasteiger partial charge in [-0.3, -0.25) is 5.14 Å². The van der Waals surface area contributed by atoms with Crippen LogP contribution in [0.1, 0.15) is 37.9 Å². The zero-order valence-electron chi connectivity index (χ0n) is 12.9. The maximum Gasteiger partial charge on any atom is 0.436 e.